The zero-order valence-corrected chi connectivity index (χ0v) is 14.5. The van der Waals surface area contributed by atoms with Crippen molar-refractivity contribution in [3.05, 3.63) is 16.0 Å². The van der Waals surface area contributed by atoms with E-state index in [0.29, 0.717) is 12.0 Å². The Morgan fingerprint density at radius 1 is 1.33 bits per heavy atom. The van der Waals surface area contributed by atoms with Gasteiger partial charge in [-0.05, 0) is 26.3 Å². The molecule has 1 atom stereocenters. The number of hydrogen-bond donors (Lipinski definition) is 4. The molecule has 1 aromatic rings. The van der Waals surface area contributed by atoms with Crippen LogP contribution in [0.2, 0.25) is 0 Å². The third-order valence-electron chi connectivity index (χ3n) is 3.49. The highest BCUT2D eigenvalue weighted by Crippen LogP contribution is 2.40. The maximum Gasteiger partial charge on any atom is 0.339 e. The van der Waals surface area contributed by atoms with Crippen LogP contribution in [-0.4, -0.2) is 46.2 Å². The molecule has 0 saturated carbocycles. The molecule has 0 spiro atoms. The quantitative estimate of drug-likeness (QED) is 0.590. The SMILES string of the molecule is C[C@@H](O)CNC(=O)C(=O)Nc1sc2c(c1C(=O)O)CC(C)(C)OC2. The third kappa shape index (κ3) is 4.11. The van der Waals surface area contributed by atoms with Crippen LogP contribution in [0.25, 0.3) is 0 Å². The van der Waals surface area contributed by atoms with Gasteiger partial charge in [-0.1, -0.05) is 0 Å². The largest absolute Gasteiger partial charge is 0.478 e. The molecule has 4 N–H and O–H groups in total. The van der Waals surface area contributed by atoms with Crippen molar-refractivity contribution in [2.24, 2.45) is 0 Å². The number of anilines is 1. The summed E-state index contributed by atoms with van der Waals surface area (Å²) in [6, 6.07) is 0. The number of ether oxygens (including phenoxy) is 1. The van der Waals surface area contributed by atoms with E-state index in [1.807, 2.05) is 13.8 Å². The second-order valence-electron chi connectivity index (χ2n) is 6.25. The Bertz CT molecular complexity index is 680. The van der Waals surface area contributed by atoms with Crippen molar-refractivity contribution >= 4 is 34.1 Å². The summed E-state index contributed by atoms with van der Waals surface area (Å²) in [5, 5.41) is 23.3. The van der Waals surface area contributed by atoms with Crippen LogP contribution in [0.4, 0.5) is 5.00 Å². The van der Waals surface area contributed by atoms with Crippen LogP contribution < -0.4 is 10.6 Å². The normalized spacial score (nSPS) is 16.8. The predicted molar refractivity (Wildman–Crippen MR) is 87.2 cm³/mol. The first kappa shape index (κ1) is 18.4. The van der Waals surface area contributed by atoms with Crippen LogP contribution in [0.1, 0.15) is 41.6 Å². The van der Waals surface area contributed by atoms with Gasteiger partial charge in [0.15, 0.2) is 0 Å². The first-order valence-electron chi connectivity index (χ1n) is 7.40. The van der Waals surface area contributed by atoms with E-state index in [9.17, 15) is 19.5 Å². The number of nitrogens with one attached hydrogen (secondary N) is 2. The number of aliphatic hydroxyl groups excluding tert-OH is 1. The highest BCUT2D eigenvalue weighted by molar-refractivity contribution is 7.17. The number of amides is 2. The molecule has 0 aromatic carbocycles. The highest BCUT2D eigenvalue weighted by Gasteiger charge is 2.34. The van der Waals surface area contributed by atoms with Gasteiger partial charge >= 0.3 is 17.8 Å². The fourth-order valence-electron chi connectivity index (χ4n) is 2.35. The molecule has 24 heavy (non-hydrogen) atoms. The molecule has 0 aliphatic carbocycles. The van der Waals surface area contributed by atoms with Crippen molar-refractivity contribution in [1.29, 1.82) is 0 Å². The summed E-state index contributed by atoms with van der Waals surface area (Å²) in [7, 11) is 0. The Morgan fingerprint density at radius 2 is 2.00 bits per heavy atom. The van der Waals surface area contributed by atoms with Crippen molar-refractivity contribution in [2.45, 2.75) is 45.5 Å². The van der Waals surface area contributed by atoms with Crippen LogP contribution >= 0.6 is 11.3 Å². The lowest BCUT2D eigenvalue weighted by molar-refractivity contribution is -0.136. The molecule has 1 aromatic heterocycles. The number of carboxylic acid groups (broad SMARTS) is 1. The molecular formula is C15H20N2O6S. The van der Waals surface area contributed by atoms with Crippen LogP contribution in [0.5, 0.6) is 0 Å². The number of carboxylic acids is 1. The van der Waals surface area contributed by atoms with E-state index >= 15 is 0 Å². The van der Waals surface area contributed by atoms with Gasteiger partial charge in [0.1, 0.15) is 5.00 Å². The summed E-state index contributed by atoms with van der Waals surface area (Å²) in [6.07, 6.45) is -0.380. The number of carbonyl (C=O) groups excluding carboxylic acids is 2. The lowest BCUT2D eigenvalue weighted by Crippen LogP contribution is -2.38. The average molecular weight is 356 g/mol. The third-order valence-corrected chi connectivity index (χ3v) is 4.61. The average Bonchev–Trinajstić information content (AvgIpc) is 2.80. The standard InChI is InChI=1S/C15H20N2O6S/c1-7(18)5-16-11(19)12(20)17-13-10(14(21)22)8-4-15(2,3)23-6-9(8)24-13/h7,18H,4-6H2,1-3H3,(H,16,19)(H,17,20)(H,21,22)/t7-/m1/s1. The molecule has 2 rings (SSSR count). The maximum absolute atomic E-state index is 11.9. The smallest absolute Gasteiger partial charge is 0.339 e. The molecule has 9 heteroatoms. The minimum absolute atomic E-state index is 0.00283. The van der Waals surface area contributed by atoms with Gasteiger partial charge in [0, 0.05) is 17.8 Å². The van der Waals surface area contributed by atoms with Crippen molar-refractivity contribution in [3.63, 3.8) is 0 Å². The molecule has 132 valence electrons. The van der Waals surface area contributed by atoms with Crippen LogP contribution in [0, 0.1) is 0 Å². The molecule has 0 saturated heterocycles. The van der Waals surface area contributed by atoms with E-state index in [4.69, 9.17) is 9.84 Å². The van der Waals surface area contributed by atoms with E-state index in [2.05, 4.69) is 10.6 Å². The second kappa shape index (κ2) is 6.88. The number of aliphatic hydroxyl groups is 1. The molecule has 2 amide bonds. The fourth-order valence-corrected chi connectivity index (χ4v) is 3.47. The van der Waals surface area contributed by atoms with Crippen molar-refractivity contribution in [2.75, 3.05) is 11.9 Å². The Balaban J connectivity index is 2.22. The zero-order chi connectivity index (χ0) is 18.1. The fraction of sp³-hybridized carbons (Fsp3) is 0.533. The van der Waals surface area contributed by atoms with E-state index < -0.39 is 29.5 Å². The lowest BCUT2D eigenvalue weighted by Gasteiger charge is -2.30. The highest BCUT2D eigenvalue weighted by atomic mass is 32.1. The number of aromatic carboxylic acids is 1. The number of fused-ring (bicyclic) bond motifs is 1. The molecule has 0 unspecified atom stereocenters. The summed E-state index contributed by atoms with van der Waals surface area (Å²) in [4.78, 5) is 35.9. The van der Waals surface area contributed by atoms with Gasteiger partial charge in [-0.15, -0.1) is 11.3 Å². The Hall–Kier alpha value is -1.97. The van der Waals surface area contributed by atoms with Gasteiger partial charge in [-0.2, -0.15) is 0 Å². The van der Waals surface area contributed by atoms with E-state index in [1.54, 1.807) is 0 Å². The van der Waals surface area contributed by atoms with Crippen molar-refractivity contribution in [3.8, 4) is 0 Å². The summed E-state index contributed by atoms with van der Waals surface area (Å²) < 4.78 is 5.65. The minimum Gasteiger partial charge on any atom is -0.478 e. The minimum atomic E-state index is -1.16. The number of carbonyl (C=O) groups is 3. The second-order valence-corrected chi connectivity index (χ2v) is 7.36. The van der Waals surface area contributed by atoms with Gasteiger partial charge < -0.3 is 25.6 Å². The van der Waals surface area contributed by atoms with Gasteiger partial charge in [-0.3, -0.25) is 9.59 Å². The van der Waals surface area contributed by atoms with Gasteiger partial charge in [0.2, 0.25) is 0 Å². The maximum atomic E-state index is 11.9. The van der Waals surface area contributed by atoms with E-state index in [-0.39, 0.29) is 23.7 Å². The Kier molecular flexibility index (Phi) is 5.26. The summed E-state index contributed by atoms with van der Waals surface area (Å²) in [5.74, 6) is -3.07. The molecule has 8 nitrogen and oxygen atoms in total. The van der Waals surface area contributed by atoms with Crippen LogP contribution in [0.15, 0.2) is 0 Å². The molecule has 2 heterocycles. The lowest BCUT2D eigenvalue weighted by atomic mass is 9.93. The Morgan fingerprint density at radius 3 is 2.58 bits per heavy atom. The first-order valence-corrected chi connectivity index (χ1v) is 8.21. The zero-order valence-electron chi connectivity index (χ0n) is 13.6. The molecule has 0 bridgehead atoms. The van der Waals surface area contributed by atoms with E-state index in [1.165, 1.54) is 6.92 Å². The van der Waals surface area contributed by atoms with Gasteiger partial charge in [0.05, 0.1) is 23.9 Å². The van der Waals surface area contributed by atoms with Gasteiger partial charge in [0.25, 0.3) is 0 Å². The molecule has 0 radical (unpaired) electrons. The monoisotopic (exact) mass is 356 g/mol. The van der Waals surface area contributed by atoms with Crippen molar-refractivity contribution in [1.82, 2.24) is 5.32 Å². The topological polar surface area (TPSA) is 125 Å². The van der Waals surface area contributed by atoms with E-state index in [0.717, 1.165) is 16.2 Å². The molecule has 1 aliphatic rings. The Labute approximate surface area is 142 Å². The number of thiophene rings is 1. The molecule has 0 fully saturated rings. The van der Waals surface area contributed by atoms with Crippen molar-refractivity contribution < 1.29 is 29.3 Å². The van der Waals surface area contributed by atoms with Crippen LogP contribution in [-0.2, 0) is 27.4 Å². The molecule has 1 aliphatic heterocycles. The number of hydrogen-bond acceptors (Lipinski definition) is 6. The van der Waals surface area contributed by atoms with Crippen LogP contribution in [0.3, 0.4) is 0 Å². The molecular weight excluding hydrogens is 336 g/mol. The van der Waals surface area contributed by atoms with Gasteiger partial charge in [-0.25, -0.2) is 4.79 Å². The first-order chi connectivity index (χ1) is 11.1. The predicted octanol–water partition coefficient (Wildman–Crippen LogP) is 0.733. The summed E-state index contributed by atoms with van der Waals surface area (Å²) in [5.41, 5.74) is 0.139. The number of rotatable bonds is 4. The summed E-state index contributed by atoms with van der Waals surface area (Å²) >= 11 is 1.09. The summed E-state index contributed by atoms with van der Waals surface area (Å²) in [6.45, 7) is 5.39.